The summed E-state index contributed by atoms with van der Waals surface area (Å²) in [4.78, 5) is 28.3. The smallest absolute Gasteiger partial charge is 0.313 e. The van der Waals surface area contributed by atoms with E-state index in [-0.39, 0.29) is 40.8 Å². The molecule has 1 aliphatic heterocycles. The summed E-state index contributed by atoms with van der Waals surface area (Å²) in [7, 11) is 0. The van der Waals surface area contributed by atoms with Crippen molar-refractivity contribution in [1.82, 2.24) is 15.6 Å². The number of carbonyl (C=O) groups excluding carboxylic acids is 2. The molecule has 2 bridgehead atoms. The Morgan fingerprint density at radius 1 is 1.46 bits per heavy atom. The van der Waals surface area contributed by atoms with Gasteiger partial charge in [-0.15, -0.1) is 0 Å². The maximum Gasteiger partial charge on any atom is 0.313 e. The molecule has 3 N–H and O–H groups in total. The van der Waals surface area contributed by atoms with Gasteiger partial charge in [0.05, 0.1) is 11.4 Å². The first kappa shape index (κ1) is 17.7. The predicted molar refractivity (Wildman–Crippen MR) is 84.6 cm³/mol. The van der Waals surface area contributed by atoms with Crippen LogP contribution in [0.1, 0.15) is 42.2 Å². The van der Waals surface area contributed by atoms with Gasteiger partial charge < -0.3 is 16.0 Å². The quantitative estimate of drug-likeness (QED) is 0.583. The molecule has 8 heteroatoms. The highest BCUT2D eigenvalue weighted by Gasteiger charge is 2.21. The van der Waals surface area contributed by atoms with Crippen LogP contribution in [-0.4, -0.2) is 29.4 Å². The third-order valence-electron chi connectivity index (χ3n) is 3.75. The molecule has 2 heterocycles. The van der Waals surface area contributed by atoms with Gasteiger partial charge in [0.15, 0.2) is 5.78 Å². The standard InChI is InChI=1S/C16H18F2N4O2/c1-9-3-2-4-13(23)11-7-10(5-6-20-11)14(22-16(17)18)12(8-19)21-15(9)24/h5-9,16,19,22H,2-4H2,1H3,(H,21,24)/b14-12+,19-8?/t9-/m1/s1. The Balaban J connectivity index is 2.58. The summed E-state index contributed by atoms with van der Waals surface area (Å²) in [5.41, 5.74) is 0.209. The molecule has 0 aliphatic carbocycles. The number of rotatable bonds is 3. The van der Waals surface area contributed by atoms with Gasteiger partial charge in [-0.1, -0.05) is 6.92 Å². The normalized spacial score (nSPS) is 22.4. The fourth-order valence-corrected chi connectivity index (χ4v) is 2.42. The van der Waals surface area contributed by atoms with Gasteiger partial charge in [0.1, 0.15) is 5.69 Å². The summed E-state index contributed by atoms with van der Waals surface area (Å²) in [6.07, 6.45) is 3.36. The number of pyridine rings is 1. The molecule has 1 aromatic heterocycles. The first-order chi connectivity index (χ1) is 11.4. The van der Waals surface area contributed by atoms with Crippen LogP contribution >= 0.6 is 0 Å². The first-order valence-corrected chi connectivity index (χ1v) is 7.52. The second-order valence-corrected chi connectivity index (χ2v) is 5.51. The van der Waals surface area contributed by atoms with Crippen molar-refractivity contribution in [2.24, 2.45) is 5.92 Å². The second-order valence-electron chi connectivity index (χ2n) is 5.51. The number of nitrogens with zero attached hydrogens (tertiary/aromatic N) is 1. The second kappa shape index (κ2) is 7.76. The lowest BCUT2D eigenvalue weighted by Gasteiger charge is -2.18. The van der Waals surface area contributed by atoms with Crippen LogP contribution in [0.15, 0.2) is 24.0 Å². The minimum Gasteiger partial charge on any atom is -0.327 e. The average Bonchev–Trinajstić information content (AvgIpc) is 2.56. The number of allylic oxidation sites excluding steroid dienone is 1. The molecule has 128 valence electrons. The topological polar surface area (TPSA) is 94.9 Å². The van der Waals surface area contributed by atoms with E-state index in [0.29, 0.717) is 12.8 Å². The van der Waals surface area contributed by atoms with Gasteiger partial charge in [-0.2, -0.15) is 8.78 Å². The molecule has 0 radical (unpaired) electrons. The van der Waals surface area contributed by atoms with Crippen LogP contribution in [0.3, 0.4) is 0 Å². The summed E-state index contributed by atoms with van der Waals surface area (Å²) in [5.74, 6) is -1.01. The molecule has 1 amide bonds. The number of alkyl halides is 2. The Kier molecular flexibility index (Phi) is 5.73. The summed E-state index contributed by atoms with van der Waals surface area (Å²) in [6, 6.07) is 2.82. The van der Waals surface area contributed by atoms with E-state index in [1.54, 1.807) is 6.92 Å². The number of carbonyl (C=O) groups is 2. The van der Waals surface area contributed by atoms with Gasteiger partial charge in [0.25, 0.3) is 0 Å². The number of ketones is 1. The van der Waals surface area contributed by atoms with Gasteiger partial charge in [0.2, 0.25) is 5.91 Å². The Morgan fingerprint density at radius 2 is 2.21 bits per heavy atom. The number of hydrogen-bond acceptors (Lipinski definition) is 5. The molecular weight excluding hydrogens is 318 g/mol. The molecule has 6 nitrogen and oxygen atoms in total. The van der Waals surface area contributed by atoms with Crippen LogP contribution < -0.4 is 10.6 Å². The minimum absolute atomic E-state index is 0.0858. The van der Waals surface area contributed by atoms with E-state index in [1.807, 2.05) is 5.32 Å². The number of amides is 1. The van der Waals surface area contributed by atoms with Gasteiger partial charge in [0, 0.05) is 30.3 Å². The van der Waals surface area contributed by atoms with Crippen molar-refractivity contribution < 1.29 is 18.4 Å². The van der Waals surface area contributed by atoms with Crippen molar-refractivity contribution in [3.05, 3.63) is 35.3 Å². The molecule has 0 saturated heterocycles. The van der Waals surface area contributed by atoms with Gasteiger partial charge >= 0.3 is 6.55 Å². The molecule has 24 heavy (non-hydrogen) atoms. The summed E-state index contributed by atoms with van der Waals surface area (Å²) < 4.78 is 25.8. The van der Waals surface area contributed by atoms with E-state index >= 15 is 0 Å². The fraction of sp³-hybridized carbons (Fsp3) is 0.375. The third-order valence-corrected chi connectivity index (χ3v) is 3.75. The van der Waals surface area contributed by atoms with Crippen LogP contribution in [0.5, 0.6) is 0 Å². The summed E-state index contributed by atoms with van der Waals surface area (Å²) in [5, 5.41) is 11.9. The van der Waals surface area contributed by atoms with Crippen molar-refractivity contribution in [1.29, 1.82) is 5.41 Å². The summed E-state index contributed by atoms with van der Waals surface area (Å²) >= 11 is 0. The molecule has 0 saturated carbocycles. The van der Waals surface area contributed by atoms with E-state index in [1.165, 1.54) is 18.3 Å². The van der Waals surface area contributed by atoms with E-state index < -0.39 is 12.5 Å². The van der Waals surface area contributed by atoms with E-state index in [2.05, 4.69) is 10.3 Å². The van der Waals surface area contributed by atoms with Crippen molar-refractivity contribution in [2.45, 2.75) is 32.7 Å². The molecule has 2 rings (SSSR count). The van der Waals surface area contributed by atoms with Crippen molar-refractivity contribution in [3.63, 3.8) is 0 Å². The number of aromatic nitrogens is 1. The molecule has 1 aliphatic rings. The van der Waals surface area contributed by atoms with Crippen molar-refractivity contribution in [3.8, 4) is 0 Å². The van der Waals surface area contributed by atoms with Gasteiger partial charge in [-0.3, -0.25) is 14.6 Å². The number of halogens is 2. The van der Waals surface area contributed by atoms with Crippen LogP contribution in [-0.2, 0) is 4.79 Å². The largest absolute Gasteiger partial charge is 0.327 e. The molecule has 0 aromatic carbocycles. The maximum absolute atomic E-state index is 12.9. The van der Waals surface area contributed by atoms with Crippen LogP contribution in [0.25, 0.3) is 5.70 Å². The Labute approximate surface area is 137 Å². The Morgan fingerprint density at radius 3 is 2.88 bits per heavy atom. The number of hydrogen-bond donors (Lipinski definition) is 3. The highest BCUT2D eigenvalue weighted by Crippen LogP contribution is 2.20. The number of fused-ring (bicyclic) bond motifs is 2. The Hall–Kier alpha value is -2.64. The van der Waals surface area contributed by atoms with Gasteiger partial charge in [-0.25, -0.2) is 0 Å². The maximum atomic E-state index is 12.9. The highest BCUT2D eigenvalue weighted by atomic mass is 19.3. The van der Waals surface area contributed by atoms with Crippen LogP contribution in [0.2, 0.25) is 0 Å². The zero-order chi connectivity index (χ0) is 17.7. The lowest BCUT2D eigenvalue weighted by Crippen LogP contribution is -2.33. The van der Waals surface area contributed by atoms with Crippen LogP contribution in [0, 0.1) is 11.3 Å². The lowest BCUT2D eigenvalue weighted by molar-refractivity contribution is -0.123. The third kappa shape index (κ3) is 4.21. The molecule has 0 fully saturated rings. The SMILES string of the molecule is C[C@@H]1CCCC(=O)c2cc(ccn2)/C(NC(F)F)=C(/C=N)NC1=O. The molecular formula is C16H18F2N4O2. The molecule has 0 unspecified atom stereocenters. The van der Waals surface area contributed by atoms with E-state index in [9.17, 15) is 18.4 Å². The monoisotopic (exact) mass is 336 g/mol. The lowest BCUT2D eigenvalue weighted by atomic mass is 9.99. The van der Waals surface area contributed by atoms with Crippen LogP contribution in [0.4, 0.5) is 8.78 Å². The number of Topliss-reactive ketones (excluding diaryl/α,β-unsaturated/α-hetero) is 1. The van der Waals surface area contributed by atoms with Crippen molar-refractivity contribution in [2.75, 3.05) is 0 Å². The fourth-order valence-electron chi connectivity index (χ4n) is 2.42. The van der Waals surface area contributed by atoms with Crippen molar-refractivity contribution >= 4 is 23.6 Å². The first-order valence-electron chi connectivity index (χ1n) is 7.52. The average molecular weight is 336 g/mol. The summed E-state index contributed by atoms with van der Waals surface area (Å²) in [6.45, 7) is -1.21. The minimum atomic E-state index is -2.90. The molecule has 1 atom stereocenters. The zero-order valence-electron chi connectivity index (χ0n) is 13.1. The highest BCUT2D eigenvalue weighted by molar-refractivity contribution is 5.97. The van der Waals surface area contributed by atoms with E-state index in [0.717, 1.165) is 6.21 Å². The van der Waals surface area contributed by atoms with Gasteiger partial charge in [-0.05, 0) is 25.0 Å². The Bertz CT molecular complexity index is 688. The number of nitrogens with one attached hydrogen (secondary N) is 3. The predicted octanol–water partition coefficient (Wildman–Crippen LogP) is 2.33. The van der Waals surface area contributed by atoms with E-state index in [4.69, 9.17) is 5.41 Å². The zero-order valence-corrected chi connectivity index (χ0v) is 13.1. The molecule has 0 spiro atoms. The molecule has 1 aromatic rings.